The Morgan fingerprint density at radius 1 is 1.38 bits per heavy atom. The minimum Gasteiger partial charge on any atom is -0.378 e. The Balaban J connectivity index is 1.84. The molecule has 0 bridgehead atoms. The maximum atomic E-state index is 13.2. The van der Waals surface area contributed by atoms with Gasteiger partial charge in [-0.05, 0) is 46.3 Å². The third-order valence-corrected chi connectivity index (χ3v) is 6.44. The van der Waals surface area contributed by atoms with Crippen molar-refractivity contribution in [1.29, 1.82) is 0 Å². The summed E-state index contributed by atoms with van der Waals surface area (Å²) in [5, 5.41) is 0.778. The van der Waals surface area contributed by atoms with E-state index in [0.717, 1.165) is 23.7 Å². The zero-order valence-corrected chi connectivity index (χ0v) is 16.1. The van der Waals surface area contributed by atoms with Gasteiger partial charge in [-0.2, -0.15) is 0 Å². The van der Waals surface area contributed by atoms with Crippen molar-refractivity contribution in [2.24, 2.45) is 5.41 Å². The van der Waals surface area contributed by atoms with Gasteiger partial charge in [-0.15, -0.1) is 11.8 Å². The van der Waals surface area contributed by atoms with Gasteiger partial charge in [-0.1, -0.05) is 6.42 Å². The van der Waals surface area contributed by atoms with Crippen molar-refractivity contribution in [3.63, 3.8) is 0 Å². The molecule has 0 N–H and O–H groups in total. The number of carbonyl (C=O) groups excluding carboxylic acids is 1. The summed E-state index contributed by atoms with van der Waals surface area (Å²) in [4.78, 5) is 24.0. The molecular formula is C18H27N3O2S. The van der Waals surface area contributed by atoms with Crippen LogP contribution in [0.25, 0.3) is 0 Å². The molecule has 3 rings (SSSR count). The molecule has 1 aromatic rings. The summed E-state index contributed by atoms with van der Waals surface area (Å²) in [5.74, 6) is 0.759. The number of carbonyl (C=O) groups is 1. The van der Waals surface area contributed by atoms with Gasteiger partial charge in [0, 0.05) is 25.1 Å². The van der Waals surface area contributed by atoms with E-state index in [1.165, 1.54) is 31.0 Å². The quantitative estimate of drug-likeness (QED) is 0.603. The normalized spacial score (nSPS) is 24.4. The number of aryl methyl sites for hydroxylation is 2. The lowest BCUT2D eigenvalue weighted by Crippen LogP contribution is -2.67. The summed E-state index contributed by atoms with van der Waals surface area (Å²) in [6.45, 7) is 6.57. The van der Waals surface area contributed by atoms with E-state index in [1.807, 2.05) is 39.0 Å². The van der Waals surface area contributed by atoms with Crippen LogP contribution in [0.4, 0.5) is 0 Å². The summed E-state index contributed by atoms with van der Waals surface area (Å²) in [5.41, 5.74) is 1.61. The Morgan fingerprint density at radius 3 is 2.62 bits per heavy atom. The van der Waals surface area contributed by atoms with Crippen molar-refractivity contribution in [3.05, 3.63) is 17.1 Å². The first-order valence-corrected chi connectivity index (χ1v) is 9.95. The molecule has 0 aromatic carbocycles. The van der Waals surface area contributed by atoms with Crippen LogP contribution in [-0.2, 0) is 4.74 Å². The van der Waals surface area contributed by atoms with Gasteiger partial charge < -0.3 is 9.64 Å². The second-order valence-corrected chi connectivity index (χ2v) is 7.73. The van der Waals surface area contributed by atoms with E-state index in [1.54, 1.807) is 0 Å². The average molecular weight is 350 g/mol. The van der Waals surface area contributed by atoms with E-state index in [2.05, 4.69) is 9.97 Å². The minimum atomic E-state index is 0.0445. The second kappa shape index (κ2) is 6.64. The van der Waals surface area contributed by atoms with Crippen LogP contribution < -0.4 is 0 Å². The number of nitrogens with zero attached hydrogens (tertiary/aromatic N) is 3. The molecule has 2 atom stereocenters. The van der Waals surface area contributed by atoms with E-state index in [9.17, 15) is 4.79 Å². The molecule has 5 nitrogen and oxygen atoms in total. The molecule has 1 amide bonds. The van der Waals surface area contributed by atoms with Gasteiger partial charge in [-0.3, -0.25) is 4.79 Å². The molecule has 0 unspecified atom stereocenters. The lowest BCUT2D eigenvalue weighted by molar-refractivity contribution is -0.192. The van der Waals surface area contributed by atoms with Crippen molar-refractivity contribution in [3.8, 4) is 0 Å². The number of amides is 1. The Labute approximate surface area is 148 Å². The van der Waals surface area contributed by atoms with Crippen molar-refractivity contribution in [2.75, 3.05) is 19.9 Å². The first-order chi connectivity index (χ1) is 11.4. The maximum Gasteiger partial charge on any atom is 0.258 e. The summed E-state index contributed by atoms with van der Waals surface area (Å²) in [6, 6.07) is 0.269. The summed E-state index contributed by atoms with van der Waals surface area (Å²) >= 11 is 1.51. The number of thioether (sulfide) groups is 1. The Bertz CT molecular complexity index is 645. The van der Waals surface area contributed by atoms with E-state index in [-0.39, 0.29) is 17.4 Å². The lowest BCUT2D eigenvalue weighted by atomic mass is 9.50. The lowest BCUT2D eigenvalue weighted by Gasteiger charge is -2.63. The molecule has 6 heteroatoms. The molecule has 0 aliphatic heterocycles. The minimum absolute atomic E-state index is 0.0445. The highest BCUT2D eigenvalue weighted by Gasteiger charge is 2.61. The molecule has 2 fully saturated rings. The summed E-state index contributed by atoms with van der Waals surface area (Å²) < 4.78 is 5.92. The fraction of sp³-hybridized carbons (Fsp3) is 0.722. The summed E-state index contributed by atoms with van der Waals surface area (Å²) in [6.07, 6.45) is 6.78. The van der Waals surface area contributed by atoms with Crippen molar-refractivity contribution >= 4 is 17.7 Å². The van der Waals surface area contributed by atoms with Crippen LogP contribution in [0, 0.1) is 19.3 Å². The number of ether oxygens (including phenoxy) is 1. The third kappa shape index (κ3) is 2.64. The first-order valence-electron chi connectivity index (χ1n) is 8.72. The van der Waals surface area contributed by atoms with Gasteiger partial charge in [0.1, 0.15) is 10.9 Å². The maximum absolute atomic E-state index is 13.2. The van der Waals surface area contributed by atoms with Crippen LogP contribution in [-0.4, -0.2) is 52.8 Å². The SMILES string of the molecule is CCO[C@@H]1C[C@@H](N(C)C(=O)c2c(C)nc(C)nc2SC)C12CCC2. The molecule has 1 spiro atoms. The highest BCUT2D eigenvalue weighted by molar-refractivity contribution is 7.98. The predicted molar refractivity (Wildman–Crippen MR) is 95.5 cm³/mol. The molecule has 2 aliphatic rings. The molecule has 2 aliphatic carbocycles. The van der Waals surface area contributed by atoms with Crippen molar-refractivity contribution in [1.82, 2.24) is 14.9 Å². The highest BCUT2D eigenvalue weighted by atomic mass is 32.2. The van der Waals surface area contributed by atoms with Crippen LogP contribution in [0.3, 0.4) is 0 Å². The molecular weight excluding hydrogens is 322 g/mol. The van der Waals surface area contributed by atoms with Crippen LogP contribution in [0.5, 0.6) is 0 Å². The largest absolute Gasteiger partial charge is 0.378 e. The molecule has 24 heavy (non-hydrogen) atoms. The molecule has 0 saturated heterocycles. The molecule has 0 radical (unpaired) electrons. The molecule has 1 aromatic heterocycles. The van der Waals surface area contributed by atoms with Crippen molar-refractivity contribution in [2.45, 2.75) is 63.6 Å². The first kappa shape index (κ1) is 17.7. The number of aromatic nitrogens is 2. The van der Waals surface area contributed by atoms with Gasteiger partial charge in [-0.25, -0.2) is 9.97 Å². The van der Waals surface area contributed by atoms with Gasteiger partial charge in [0.2, 0.25) is 0 Å². The zero-order chi connectivity index (χ0) is 17.5. The molecule has 1 heterocycles. The monoisotopic (exact) mass is 349 g/mol. The number of hydrogen-bond donors (Lipinski definition) is 0. The van der Waals surface area contributed by atoms with Crippen LogP contribution in [0.15, 0.2) is 5.03 Å². The van der Waals surface area contributed by atoms with Gasteiger partial charge in [0.15, 0.2) is 0 Å². The average Bonchev–Trinajstić information content (AvgIpc) is 2.47. The van der Waals surface area contributed by atoms with E-state index in [4.69, 9.17) is 4.74 Å². The zero-order valence-electron chi connectivity index (χ0n) is 15.3. The van der Waals surface area contributed by atoms with Crippen LogP contribution in [0.2, 0.25) is 0 Å². The Kier molecular flexibility index (Phi) is 4.89. The number of hydrogen-bond acceptors (Lipinski definition) is 5. The Hall–Kier alpha value is -1.14. The Morgan fingerprint density at radius 2 is 2.08 bits per heavy atom. The standard InChI is InChI=1S/C18H27N3O2S/c1-6-23-14-10-13(18(14)8-7-9-18)21(4)17(22)15-11(2)19-12(3)20-16(15)24-5/h13-14H,6-10H2,1-5H3/t13-,14-/m1/s1. The molecule has 132 valence electrons. The third-order valence-electron chi connectivity index (χ3n) is 5.76. The molecule has 2 saturated carbocycles. The van der Waals surface area contributed by atoms with Gasteiger partial charge in [0.25, 0.3) is 5.91 Å². The van der Waals surface area contributed by atoms with Gasteiger partial charge >= 0.3 is 0 Å². The smallest absolute Gasteiger partial charge is 0.258 e. The van der Waals surface area contributed by atoms with Crippen LogP contribution in [0.1, 0.15) is 54.5 Å². The fourth-order valence-electron chi connectivity index (χ4n) is 4.34. The predicted octanol–water partition coefficient (Wildman–Crippen LogP) is 3.24. The van der Waals surface area contributed by atoms with E-state index in [0.29, 0.717) is 17.5 Å². The second-order valence-electron chi connectivity index (χ2n) is 6.94. The van der Waals surface area contributed by atoms with Gasteiger partial charge in [0.05, 0.1) is 17.4 Å². The van der Waals surface area contributed by atoms with E-state index < -0.39 is 0 Å². The summed E-state index contributed by atoms with van der Waals surface area (Å²) in [7, 11) is 1.93. The number of rotatable bonds is 5. The van der Waals surface area contributed by atoms with E-state index >= 15 is 0 Å². The van der Waals surface area contributed by atoms with Crippen LogP contribution >= 0.6 is 11.8 Å². The highest BCUT2D eigenvalue weighted by Crippen LogP contribution is 2.59. The topological polar surface area (TPSA) is 55.3 Å². The van der Waals surface area contributed by atoms with Crippen molar-refractivity contribution < 1.29 is 9.53 Å². The fourth-order valence-corrected chi connectivity index (χ4v) is 5.00.